The van der Waals surface area contributed by atoms with Gasteiger partial charge in [-0.1, -0.05) is 6.07 Å². The van der Waals surface area contributed by atoms with Gasteiger partial charge in [0.05, 0.1) is 0 Å². The van der Waals surface area contributed by atoms with Gasteiger partial charge >= 0.3 is 0 Å². The zero-order valence-corrected chi connectivity index (χ0v) is 11.7. The largest absolute Gasteiger partial charge is 0.341 e. The summed E-state index contributed by atoms with van der Waals surface area (Å²) in [6, 6.07) is 3.95. The number of carbonyl (C=O) groups is 1. The van der Waals surface area contributed by atoms with E-state index in [0.717, 1.165) is 18.9 Å². The molecule has 6 heteroatoms. The lowest BCUT2D eigenvalue weighted by Crippen LogP contribution is -2.33. The van der Waals surface area contributed by atoms with E-state index >= 15 is 0 Å². The Hall–Kier alpha value is -1.20. The van der Waals surface area contributed by atoms with E-state index in [4.69, 9.17) is 5.73 Å². The summed E-state index contributed by atoms with van der Waals surface area (Å²) in [6.07, 6.45) is 1.56. The molecule has 1 saturated heterocycles. The molecule has 3 atom stereocenters. The molecule has 2 aliphatic rings. The third-order valence-electron chi connectivity index (χ3n) is 4.02. The molecule has 0 radical (unpaired) electrons. The van der Waals surface area contributed by atoms with Crippen LogP contribution in [0.1, 0.15) is 24.3 Å². The fourth-order valence-electron chi connectivity index (χ4n) is 2.80. The van der Waals surface area contributed by atoms with Crippen molar-refractivity contribution in [3.8, 4) is 0 Å². The molecule has 0 aromatic heterocycles. The molecule has 1 amide bonds. The Kier molecular flexibility index (Phi) is 4.30. The third-order valence-corrected chi connectivity index (χ3v) is 4.02. The van der Waals surface area contributed by atoms with Gasteiger partial charge in [0.1, 0.15) is 0 Å². The van der Waals surface area contributed by atoms with Gasteiger partial charge < -0.3 is 10.6 Å². The lowest BCUT2D eigenvalue weighted by Gasteiger charge is -2.15. The smallest absolute Gasteiger partial charge is 0.226 e. The Morgan fingerprint density at radius 1 is 1.30 bits per heavy atom. The van der Waals surface area contributed by atoms with E-state index in [0.29, 0.717) is 18.7 Å². The maximum atomic E-state index is 13.2. The summed E-state index contributed by atoms with van der Waals surface area (Å²) < 4.78 is 26.0. The molecule has 2 fully saturated rings. The number of nitrogens with zero attached hydrogens (tertiary/aromatic N) is 1. The number of amides is 1. The number of halogens is 3. The normalized spacial score (nSPS) is 28.1. The molecule has 1 aliphatic carbocycles. The SMILES string of the molecule is Cl.N[C@@H]1CCN(C(=O)C2CC2c2ccc(F)c(F)c2)C1. The minimum Gasteiger partial charge on any atom is -0.341 e. The molecule has 110 valence electrons. The average Bonchev–Trinajstić information content (AvgIpc) is 3.07. The van der Waals surface area contributed by atoms with Crippen molar-refractivity contribution in [1.82, 2.24) is 4.90 Å². The highest BCUT2D eigenvalue weighted by atomic mass is 35.5. The predicted molar refractivity (Wildman–Crippen MR) is 73.6 cm³/mol. The topological polar surface area (TPSA) is 46.3 Å². The van der Waals surface area contributed by atoms with Crippen molar-refractivity contribution in [2.45, 2.75) is 24.8 Å². The molecule has 3 rings (SSSR count). The first-order valence-corrected chi connectivity index (χ1v) is 6.55. The van der Waals surface area contributed by atoms with Crippen LogP contribution in [0.2, 0.25) is 0 Å². The second kappa shape index (κ2) is 5.66. The highest BCUT2D eigenvalue weighted by Crippen LogP contribution is 2.48. The molecule has 0 bridgehead atoms. The maximum Gasteiger partial charge on any atom is 0.226 e. The van der Waals surface area contributed by atoms with Gasteiger partial charge in [0, 0.05) is 25.0 Å². The van der Waals surface area contributed by atoms with E-state index in [1.54, 1.807) is 11.0 Å². The fourth-order valence-corrected chi connectivity index (χ4v) is 2.80. The van der Waals surface area contributed by atoms with Crippen molar-refractivity contribution in [1.29, 1.82) is 0 Å². The Balaban J connectivity index is 0.00000147. The number of hydrogen-bond donors (Lipinski definition) is 1. The predicted octanol–water partition coefficient (Wildman–Crippen LogP) is 2.05. The summed E-state index contributed by atoms with van der Waals surface area (Å²) in [5.41, 5.74) is 6.49. The van der Waals surface area contributed by atoms with Crippen molar-refractivity contribution in [2.75, 3.05) is 13.1 Å². The van der Waals surface area contributed by atoms with Crippen LogP contribution in [0.3, 0.4) is 0 Å². The molecule has 2 unspecified atom stereocenters. The van der Waals surface area contributed by atoms with Crippen LogP contribution in [0.15, 0.2) is 18.2 Å². The zero-order chi connectivity index (χ0) is 13.6. The minimum absolute atomic E-state index is 0. The van der Waals surface area contributed by atoms with E-state index in [-0.39, 0.29) is 36.2 Å². The van der Waals surface area contributed by atoms with Crippen molar-refractivity contribution in [3.63, 3.8) is 0 Å². The summed E-state index contributed by atoms with van der Waals surface area (Å²) in [5.74, 6) is -1.66. The second-order valence-corrected chi connectivity index (χ2v) is 5.46. The zero-order valence-electron chi connectivity index (χ0n) is 10.9. The molecular weight excluding hydrogens is 286 g/mol. The van der Waals surface area contributed by atoms with Crippen LogP contribution < -0.4 is 5.73 Å². The van der Waals surface area contributed by atoms with Gasteiger partial charge in [0.15, 0.2) is 11.6 Å². The van der Waals surface area contributed by atoms with E-state index in [2.05, 4.69) is 0 Å². The van der Waals surface area contributed by atoms with Crippen LogP contribution in [0.5, 0.6) is 0 Å². The number of rotatable bonds is 2. The maximum absolute atomic E-state index is 13.2. The first-order valence-electron chi connectivity index (χ1n) is 6.55. The first-order chi connectivity index (χ1) is 9.06. The fraction of sp³-hybridized carbons (Fsp3) is 0.500. The highest BCUT2D eigenvalue weighted by Gasteiger charge is 2.46. The monoisotopic (exact) mass is 302 g/mol. The Labute approximate surface area is 122 Å². The summed E-state index contributed by atoms with van der Waals surface area (Å²) >= 11 is 0. The Bertz CT molecular complexity index is 526. The highest BCUT2D eigenvalue weighted by molar-refractivity contribution is 5.85. The number of benzene rings is 1. The molecule has 1 saturated carbocycles. The van der Waals surface area contributed by atoms with Gasteiger partial charge in [0.25, 0.3) is 0 Å². The van der Waals surface area contributed by atoms with Crippen molar-refractivity contribution in [3.05, 3.63) is 35.4 Å². The lowest BCUT2D eigenvalue weighted by atomic mass is 10.1. The number of carbonyl (C=O) groups excluding carboxylic acids is 1. The standard InChI is InChI=1S/C14H16F2N2O.ClH/c15-12-2-1-8(5-13(12)16)10-6-11(10)14(19)18-4-3-9(17)7-18;/h1-2,5,9-11H,3-4,6-7,17H2;1H/t9-,10?,11?;/m1./s1. The number of likely N-dealkylation sites (tertiary alicyclic amines) is 1. The van der Waals surface area contributed by atoms with Crippen LogP contribution in [-0.2, 0) is 4.79 Å². The minimum atomic E-state index is -0.849. The molecule has 1 aromatic carbocycles. The number of hydrogen-bond acceptors (Lipinski definition) is 2. The lowest BCUT2D eigenvalue weighted by molar-refractivity contribution is -0.131. The van der Waals surface area contributed by atoms with Crippen molar-refractivity contribution in [2.24, 2.45) is 11.7 Å². The van der Waals surface area contributed by atoms with E-state index in [1.807, 2.05) is 0 Å². The number of nitrogens with two attached hydrogens (primary N) is 1. The van der Waals surface area contributed by atoms with Crippen LogP contribution >= 0.6 is 12.4 Å². The second-order valence-electron chi connectivity index (χ2n) is 5.46. The molecule has 1 aromatic rings. The molecule has 1 heterocycles. The van der Waals surface area contributed by atoms with Gasteiger partial charge in [0.2, 0.25) is 5.91 Å². The van der Waals surface area contributed by atoms with Crippen molar-refractivity contribution < 1.29 is 13.6 Å². The summed E-state index contributed by atoms with van der Waals surface area (Å²) in [7, 11) is 0. The van der Waals surface area contributed by atoms with E-state index < -0.39 is 11.6 Å². The molecule has 3 nitrogen and oxygen atoms in total. The van der Waals surface area contributed by atoms with Crippen LogP contribution in [0.25, 0.3) is 0 Å². The van der Waals surface area contributed by atoms with Crippen LogP contribution in [-0.4, -0.2) is 29.9 Å². The molecule has 2 N–H and O–H groups in total. The Morgan fingerprint density at radius 3 is 2.65 bits per heavy atom. The molecule has 0 spiro atoms. The summed E-state index contributed by atoms with van der Waals surface area (Å²) in [6.45, 7) is 1.32. The summed E-state index contributed by atoms with van der Waals surface area (Å²) in [5, 5.41) is 0. The first kappa shape index (κ1) is 15.2. The van der Waals surface area contributed by atoms with Gasteiger partial charge in [-0.3, -0.25) is 4.79 Å². The van der Waals surface area contributed by atoms with Crippen LogP contribution in [0.4, 0.5) is 8.78 Å². The van der Waals surface area contributed by atoms with E-state index in [9.17, 15) is 13.6 Å². The Morgan fingerprint density at radius 2 is 2.05 bits per heavy atom. The van der Waals surface area contributed by atoms with Crippen LogP contribution in [0, 0.1) is 17.6 Å². The van der Waals surface area contributed by atoms with E-state index in [1.165, 1.54) is 6.07 Å². The third kappa shape index (κ3) is 2.79. The quantitative estimate of drug-likeness (QED) is 0.909. The molecule has 1 aliphatic heterocycles. The molecule has 20 heavy (non-hydrogen) atoms. The van der Waals surface area contributed by atoms with Gasteiger partial charge in [-0.2, -0.15) is 0 Å². The van der Waals surface area contributed by atoms with Gasteiger partial charge in [-0.15, -0.1) is 12.4 Å². The summed E-state index contributed by atoms with van der Waals surface area (Å²) in [4.78, 5) is 14.0. The van der Waals surface area contributed by atoms with Crippen molar-refractivity contribution >= 4 is 18.3 Å². The molecular formula is C14H17ClF2N2O. The average molecular weight is 303 g/mol. The van der Waals surface area contributed by atoms with Gasteiger partial charge in [-0.05, 0) is 36.5 Å². The van der Waals surface area contributed by atoms with Gasteiger partial charge in [-0.25, -0.2) is 8.78 Å².